The maximum atomic E-state index is 6.20. The van der Waals surface area contributed by atoms with Crippen molar-refractivity contribution < 1.29 is 4.74 Å². The molecular formula is C13H19ClN2O. The van der Waals surface area contributed by atoms with Crippen molar-refractivity contribution in [2.75, 3.05) is 37.4 Å². The summed E-state index contributed by atoms with van der Waals surface area (Å²) in [6, 6.07) is 5.65. The van der Waals surface area contributed by atoms with Gasteiger partial charge in [0.05, 0.1) is 16.4 Å². The smallest absolute Gasteiger partial charge is 0.0786 e. The maximum absolute atomic E-state index is 6.20. The number of ether oxygens (including phenoxy) is 1. The van der Waals surface area contributed by atoms with E-state index in [4.69, 9.17) is 22.1 Å². The van der Waals surface area contributed by atoms with Gasteiger partial charge in [-0.3, -0.25) is 0 Å². The van der Waals surface area contributed by atoms with Crippen molar-refractivity contribution in [3.05, 3.63) is 23.2 Å². The van der Waals surface area contributed by atoms with Crippen molar-refractivity contribution in [2.45, 2.75) is 12.8 Å². The molecule has 1 saturated heterocycles. The quantitative estimate of drug-likeness (QED) is 0.843. The summed E-state index contributed by atoms with van der Waals surface area (Å²) < 4.78 is 5.37. The molecule has 1 fully saturated rings. The van der Waals surface area contributed by atoms with E-state index in [9.17, 15) is 0 Å². The van der Waals surface area contributed by atoms with Crippen LogP contribution in [-0.2, 0) is 4.74 Å². The van der Waals surface area contributed by atoms with E-state index in [0.29, 0.717) is 5.92 Å². The first-order valence-corrected chi connectivity index (χ1v) is 6.39. The van der Waals surface area contributed by atoms with Crippen molar-refractivity contribution in [1.29, 1.82) is 0 Å². The van der Waals surface area contributed by atoms with Crippen LogP contribution >= 0.6 is 11.6 Å². The van der Waals surface area contributed by atoms with Crippen LogP contribution in [0.4, 0.5) is 11.4 Å². The number of nitrogens with zero attached hydrogens (tertiary/aromatic N) is 1. The molecule has 17 heavy (non-hydrogen) atoms. The van der Waals surface area contributed by atoms with Gasteiger partial charge in [0.1, 0.15) is 0 Å². The van der Waals surface area contributed by atoms with Crippen LogP contribution in [0.2, 0.25) is 5.02 Å². The van der Waals surface area contributed by atoms with Gasteiger partial charge < -0.3 is 15.4 Å². The van der Waals surface area contributed by atoms with Gasteiger partial charge in [0.25, 0.3) is 0 Å². The van der Waals surface area contributed by atoms with Gasteiger partial charge in [-0.2, -0.15) is 0 Å². The molecule has 1 aliphatic rings. The lowest BCUT2D eigenvalue weighted by molar-refractivity contribution is 0.0685. The SMILES string of the molecule is CN(CC1CCOCC1)c1c(N)cccc1Cl. The molecule has 0 unspecified atom stereocenters. The third-order valence-corrected chi connectivity index (χ3v) is 3.58. The van der Waals surface area contributed by atoms with Crippen LogP contribution in [0.3, 0.4) is 0 Å². The van der Waals surface area contributed by atoms with Gasteiger partial charge in [-0.05, 0) is 30.9 Å². The maximum Gasteiger partial charge on any atom is 0.0786 e. The van der Waals surface area contributed by atoms with Crippen molar-refractivity contribution in [2.24, 2.45) is 5.92 Å². The monoisotopic (exact) mass is 254 g/mol. The summed E-state index contributed by atoms with van der Waals surface area (Å²) in [6.45, 7) is 2.73. The molecule has 0 spiro atoms. The Morgan fingerprint density at radius 3 is 2.76 bits per heavy atom. The summed E-state index contributed by atoms with van der Waals surface area (Å²) in [5.74, 6) is 0.671. The molecule has 1 heterocycles. The molecule has 1 aliphatic heterocycles. The predicted octanol–water partition coefficient (Wildman–Crippen LogP) is 2.79. The minimum absolute atomic E-state index is 0.671. The van der Waals surface area contributed by atoms with Crippen LogP contribution < -0.4 is 10.6 Å². The van der Waals surface area contributed by atoms with Crippen LogP contribution in [0.25, 0.3) is 0 Å². The minimum Gasteiger partial charge on any atom is -0.397 e. The Morgan fingerprint density at radius 2 is 2.12 bits per heavy atom. The van der Waals surface area contributed by atoms with Crippen molar-refractivity contribution in [3.8, 4) is 0 Å². The number of para-hydroxylation sites is 1. The molecule has 0 saturated carbocycles. The third kappa shape index (κ3) is 3.05. The fraction of sp³-hybridized carbons (Fsp3) is 0.538. The van der Waals surface area contributed by atoms with Crippen LogP contribution in [0, 0.1) is 5.92 Å². The first kappa shape index (κ1) is 12.5. The molecule has 0 aliphatic carbocycles. The van der Waals surface area contributed by atoms with Crippen LogP contribution in [0.5, 0.6) is 0 Å². The second-order valence-corrected chi connectivity index (χ2v) is 5.02. The molecule has 1 aromatic rings. The zero-order valence-electron chi connectivity index (χ0n) is 10.2. The van der Waals surface area contributed by atoms with Gasteiger partial charge in [0.15, 0.2) is 0 Å². The fourth-order valence-corrected chi connectivity index (χ4v) is 2.67. The fourth-order valence-electron chi connectivity index (χ4n) is 2.34. The molecular weight excluding hydrogens is 236 g/mol. The largest absolute Gasteiger partial charge is 0.397 e. The number of hydrogen-bond acceptors (Lipinski definition) is 3. The second kappa shape index (κ2) is 5.61. The van der Waals surface area contributed by atoms with Gasteiger partial charge in [0, 0.05) is 26.8 Å². The summed E-state index contributed by atoms with van der Waals surface area (Å²) in [6.07, 6.45) is 2.24. The molecule has 1 aromatic carbocycles. The highest BCUT2D eigenvalue weighted by molar-refractivity contribution is 6.33. The lowest BCUT2D eigenvalue weighted by Crippen LogP contribution is -2.30. The Labute approximate surface area is 107 Å². The average Bonchev–Trinajstić information content (AvgIpc) is 2.30. The average molecular weight is 255 g/mol. The highest BCUT2D eigenvalue weighted by Crippen LogP contribution is 2.32. The Kier molecular flexibility index (Phi) is 4.13. The van der Waals surface area contributed by atoms with Crippen molar-refractivity contribution in [1.82, 2.24) is 0 Å². The number of rotatable bonds is 3. The van der Waals surface area contributed by atoms with Crippen LogP contribution in [-0.4, -0.2) is 26.8 Å². The van der Waals surface area contributed by atoms with Gasteiger partial charge in [-0.1, -0.05) is 17.7 Å². The topological polar surface area (TPSA) is 38.5 Å². The normalized spacial score (nSPS) is 17.1. The van der Waals surface area contributed by atoms with Gasteiger partial charge in [0.2, 0.25) is 0 Å². The molecule has 2 rings (SSSR count). The molecule has 0 atom stereocenters. The van der Waals surface area contributed by atoms with E-state index < -0.39 is 0 Å². The molecule has 3 nitrogen and oxygen atoms in total. The number of nitrogens with two attached hydrogens (primary N) is 1. The van der Waals surface area contributed by atoms with E-state index in [1.54, 1.807) is 0 Å². The third-order valence-electron chi connectivity index (χ3n) is 3.27. The molecule has 0 aromatic heterocycles. The minimum atomic E-state index is 0.671. The standard InChI is InChI=1S/C13H19ClN2O/c1-16(9-10-5-7-17-8-6-10)13-11(14)3-2-4-12(13)15/h2-4,10H,5-9,15H2,1H3. The van der Waals surface area contributed by atoms with E-state index in [-0.39, 0.29) is 0 Å². The Balaban J connectivity index is 2.05. The van der Waals surface area contributed by atoms with Crippen LogP contribution in [0.15, 0.2) is 18.2 Å². The van der Waals surface area contributed by atoms with Gasteiger partial charge in [-0.25, -0.2) is 0 Å². The van der Waals surface area contributed by atoms with E-state index in [2.05, 4.69) is 4.90 Å². The lowest BCUT2D eigenvalue weighted by Gasteiger charge is -2.29. The summed E-state index contributed by atoms with van der Waals surface area (Å²) in [7, 11) is 2.05. The number of benzene rings is 1. The first-order chi connectivity index (χ1) is 8.18. The zero-order chi connectivity index (χ0) is 12.3. The van der Waals surface area contributed by atoms with Crippen molar-refractivity contribution in [3.63, 3.8) is 0 Å². The zero-order valence-corrected chi connectivity index (χ0v) is 10.9. The number of halogens is 1. The lowest BCUT2D eigenvalue weighted by atomic mass is 9.99. The highest BCUT2D eigenvalue weighted by atomic mass is 35.5. The van der Waals surface area contributed by atoms with E-state index in [1.807, 2.05) is 25.2 Å². The summed E-state index contributed by atoms with van der Waals surface area (Å²) in [5, 5.41) is 0.722. The molecule has 0 amide bonds. The molecule has 0 bridgehead atoms. The Hall–Kier alpha value is -0.930. The second-order valence-electron chi connectivity index (χ2n) is 4.61. The molecule has 94 valence electrons. The van der Waals surface area contributed by atoms with E-state index >= 15 is 0 Å². The number of hydrogen-bond donors (Lipinski definition) is 1. The van der Waals surface area contributed by atoms with Gasteiger partial charge in [-0.15, -0.1) is 0 Å². The number of anilines is 2. The summed E-state index contributed by atoms with van der Waals surface area (Å²) in [5.41, 5.74) is 7.66. The molecule has 4 heteroatoms. The molecule has 0 radical (unpaired) electrons. The first-order valence-electron chi connectivity index (χ1n) is 6.01. The predicted molar refractivity (Wildman–Crippen MR) is 72.7 cm³/mol. The van der Waals surface area contributed by atoms with E-state index in [1.165, 1.54) is 0 Å². The highest BCUT2D eigenvalue weighted by Gasteiger charge is 2.18. The Bertz CT molecular complexity index is 357. The van der Waals surface area contributed by atoms with Crippen LogP contribution in [0.1, 0.15) is 12.8 Å². The van der Waals surface area contributed by atoms with Crippen molar-refractivity contribution >= 4 is 23.0 Å². The van der Waals surface area contributed by atoms with Gasteiger partial charge >= 0.3 is 0 Å². The number of nitrogen functional groups attached to an aromatic ring is 1. The van der Waals surface area contributed by atoms with E-state index in [0.717, 1.165) is 49.0 Å². The molecule has 2 N–H and O–H groups in total. The summed E-state index contributed by atoms with van der Waals surface area (Å²) in [4.78, 5) is 2.16. The summed E-state index contributed by atoms with van der Waals surface area (Å²) >= 11 is 6.20. The Morgan fingerprint density at radius 1 is 1.41 bits per heavy atom.